The highest BCUT2D eigenvalue weighted by molar-refractivity contribution is 7.88. The van der Waals surface area contributed by atoms with Crippen molar-refractivity contribution in [2.45, 2.75) is 37.8 Å². The Morgan fingerprint density at radius 2 is 1.93 bits per heavy atom. The molecule has 3 atom stereocenters. The van der Waals surface area contributed by atoms with Crippen LogP contribution in [0.2, 0.25) is 0 Å². The molecule has 2 fully saturated rings. The van der Waals surface area contributed by atoms with Crippen LogP contribution in [0, 0.1) is 11.3 Å². The zero-order chi connectivity index (χ0) is 18.8. The molecule has 0 amide bonds. The van der Waals surface area contributed by atoms with Crippen LogP contribution < -0.4 is 0 Å². The van der Waals surface area contributed by atoms with Crippen molar-refractivity contribution in [3.8, 4) is 11.3 Å². The fourth-order valence-corrected chi connectivity index (χ4v) is 6.51. The monoisotopic (exact) mass is 387 g/mol. The number of hydrogen-bond donors (Lipinski definition) is 1. The van der Waals surface area contributed by atoms with Gasteiger partial charge in [0, 0.05) is 24.6 Å². The van der Waals surface area contributed by atoms with E-state index in [-0.39, 0.29) is 17.4 Å². The number of aliphatic hydroxyl groups is 1. The molecule has 2 aliphatic heterocycles. The highest BCUT2D eigenvalue weighted by Gasteiger charge is 2.53. The van der Waals surface area contributed by atoms with Gasteiger partial charge in [0.2, 0.25) is 10.0 Å². The molecule has 1 saturated carbocycles. The van der Waals surface area contributed by atoms with E-state index in [9.17, 15) is 13.5 Å². The van der Waals surface area contributed by atoms with Crippen molar-refractivity contribution in [2.75, 3.05) is 19.3 Å². The molecular formula is C20H25N3O3S. The third kappa shape index (κ3) is 2.52. The van der Waals surface area contributed by atoms with Gasteiger partial charge in [-0.2, -0.15) is 0 Å². The van der Waals surface area contributed by atoms with Crippen molar-refractivity contribution in [2.24, 2.45) is 11.3 Å². The molecule has 2 aromatic rings. The zero-order valence-electron chi connectivity index (χ0n) is 15.5. The number of imidazole rings is 1. The summed E-state index contributed by atoms with van der Waals surface area (Å²) in [6.45, 7) is 1.03. The highest BCUT2D eigenvalue weighted by atomic mass is 32.2. The van der Waals surface area contributed by atoms with Crippen molar-refractivity contribution in [1.29, 1.82) is 0 Å². The zero-order valence-corrected chi connectivity index (χ0v) is 16.3. The predicted molar refractivity (Wildman–Crippen MR) is 103 cm³/mol. The maximum atomic E-state index is 11.8. The van der Waals surface area contributed by atoms with E-state index >= 15 is 0 Å². The largest absolute Gasteiger partial charge is 0.392 e. The molecule has 6 nitrogen and oxygen atoms in total. The van der Waals surface area contributed by atoms with Crippen LogP contribution >= 0.6 is 0 Å². The van der Waals surface area contributed by atoms with E-state index in [0.717, 1.165) is 31.4 Å². The van der Waals surface area contributed by atoms with Gasteiger partial charge in [0.1, 0.15) is 0 Å². The summed E-state index contributed by atoms with van der Waals surface area (Å²) in [7, 11) is -3.15. The van der Waals surface area contributed by atoms with Crippen LogP contribution in [-0.2, 0) is 10.0 Å². The molecule has 1 aromatic heterocycles. The van der Waals surface area contributed by atoms with Gasteiger partial charge in [-0.25, -0.2) is 17.7 Å². The third-order valence-electron chi connectivity index (χ3n) is 7.12. The minimum absolute atomic E-state index is 0.112. The number of sulfonamides is 1. The molecule has 3 aliphatic rings. The lowest BCUT2D eigenvalue weighted by molar-refractivity contribution is -0.0145. The Balaban J connectivity index is 1.44. The molecule has 0 bridgehead atoms. The number of fused-ring (bicyclic) bond motifs is 3. The SMILES string of the molecule is CS(=O)(=O)N1CCC2(CC[C@@H]([C@@H]3c4ccccc4-c4cncn43)[C@@H]2O)CC1. The van der Waals surface area contributed by atoms with Crippen LogP contribution in [0.3, 0.4) is 0 Å². The molecule has 1 saturated heterocycles. The average Bonchev–Trinajstić information content (AvgIpc) is 3.30. The second kappa shape index (κ2) is 5.90. The van der Waals surface area contributed by atoms with Gasteiger partial charge >= 0.3 is 0 Å². The van der Waals surface area contributed by atoms with Crippen molar-refractivity contribution >= 4 is 10.0 Å². The number of aromatic nitrogens is 2. The topological polar surface area (TPSA) is 75.4 Å². The van der Waals surface area contributed by atoms with Crippen LogP contribution in [0.5, 0.6) is 0 Å². The first kappa shape index (κ1) is 17.4. The number of rotatable bonds is 2. The van der Waals surface area contributed by atoms with E-state index in [4.69, 9.17) is 0 Å². The molecular weight excluding hydrogens is 362 g/mol. The van der Waals surface area contributed by atoms with E-state index in [1.165, 1.54) is 17.4 Å². The molecule has 0 unspecified atom stereocenters. The fraction of sp³-hybridized carbons (Fsp3) is 0.550. The lowest BCUT2D eigenvalue weighted by Crippen LogP contribution is -2.47. The molecule has 1 N–H and O–H groups in total. The second-order valence-corrected chi connectivity index (χ2v) is 10.4. The molecule has 1 aliphatic carbocycles. The standard InChI is InChI=1S/C20H25N3O3S/c1-27(25,26)22-10-8-20(9-11-22)7-6-16(19(20)24)18-15-5-3-2-4-14(15)17-12-21-13-23(17)18/h2-5,12-13,16,18-19,24H,6-11H2,1H3/t16-,18-,19-/m0/s1. The number of piperidine rings is 1. The number of nitrogens with zero attached hydrogens (tertiary/aromatic N) is 3. The minimum atomic E-state index is -3.15. The van der Waals surface area contributed by atoms with Crippen molar-refractivity contribution < 1.29 is 13.5 Å². The number of aliphatic hydroxyl groups excluding tert-OH is 1. The first-order valence-electron chi connectivity index (χ1n) is 9.65. The Labute approximate surface area is 159 Å². The highest BCUT2D eigenvalue weighted by Crippen LogP contribution is 2.55. The molecule has 5 rings (SSSR count). The van der Waals surface area contributed by atoms with Gasteiger partial charge < -0.3 is 9.67 Å². The van der Waals surface area contributed by atoms with Gasteiger partial charge in [-0.1, -0.05) is 24.3 Å². The summed E-state index contributed by atoms with van der Waals surface area (Å²) in [6.07, 6.45) is 8.02. The van der Waals surface area contributed by atoms with Gasteiger partial charge in [-0.3, -0.25) is 0 Å². The normalized spacial score (nSPS) is 29.8. The quantitative estimate of drug-likeness (QED) is 0.858. The Morgan fingerprint density at radius 1 is 1.19 bits per heavy atom. The van der Waals surface area contributed by atoms with Gasteiger partial charge in [-0.15, -0.1) is 0 Å². The fourth-order valence-electron chi connectivity index (χ4n) is 5.66. The van der Waals surface area contributed by atoms with E-state index in [0.29, 0.717) is 13.1 Å². The summed E-state index contributed by atoms with van der Waals surface area (Å²) >= 11 is 0. The second-order valence-electron chi connectivity index (χ2n) is 8.39. The summed E-state index contributed by atoms with van der Waals surface area (Å²) in [4.78, 5) is 4.34. The molecule has 3 heterocycles. The first-order valence-corrected chi connectivity index (χ1v) is 11.5. The predicted octanol–water partition coefficient (Wildman–Crippen LogP) is 2.27. The van der Waals surface area contributed by atoms with Crippen LogP contribution in [0.4, 0.5) is 0 Å². The minimum Gasteiger partial charge on any atom is -0.392 e. The maximum absolute atomic E-state index is 11.8. The van der Waals surface area contributed by atoms with E-state index in [1.54, 1.807) is 4.31 Å². The van der Waals surface area contributed by atoms with Crippen LogP contribution in [0.15, 0.2) is 36.8 Å². The van der Waals surface area contributed by atoms with E-state index < -0.39 is 16.1 Å². The summed E-state index contributed by atoms with van der Waals surface area (Å²) in [5.74, 6) is 0.131. The van der Waals surface area contributed by atoms with Crippen LogP contribution in [-0.4, -0.2) is 52.8 Å². The summed E-state index contributed by atoms with van der Waals surface area (Å²) in [6, 6.07) is 8.52. The molecule has 7 heteroatoms. The van der Waals surface area contributed by atoms with Gasteiger partial charge in [0.25, 0.3) is 0 Å². The Hall–Kier alpha value is -1.70. The first-order chi connectivity index (χ1) is 12.9. The molecule has 1 spiro atoms. The molecule has 27 heavy (non-hydrogen) atoms. The third-order valence-corrected chi connectivity index (χ3v) is 8.43. The van der Waals surface area contributed by atoms with Gasteiger partial charge in [0.05, 0.1) is 36.6 Å². The van der Waals surface area contributed by atoms with Gasteiger partial charge in [-0.05, 0) is 36.7 Å². The smallest absolute Gasteiger partial charge is 0.211 e. The number of benzene rings is 1. The Bertz CT molecular complexity index is 976. The van der Waals surface area contributed by atoms with Crippen molar-refractivity contribution in [1.82, 2.24) is 13.9 Å². The van der Waals surface area contributed by atoms with E-state index in [1.807, 2.05) is 18.6 Å². The lowest BCUT2D eigenvalue weighted by atomic mass is 9.73. The van der Waals surface area contributed by atoms with Crippen molar-refractivity contribution in [3.05, 3.63) is 42.4 Å². The molecule has 0 radical (unpaired) electrons. The van der Waals surface area contributed by atoms with Gasteiger partial charge in [0.15, 0.2) is 0 Å². The molecule has 1 aromatic carbocycles. The summed E-state index contributed by atoms with van der Waals surface area (Å²) < 4.78 is 27.4. The Kier molecular flexibility index (Phi) is 3.80. The Morgan fingerprint density at radius 3 is 2.67 bits per heavy atom. The lowest BCUT2D eigenvalue weighted by Gasteiger charge is -2.42. The van der Waals surface area contributed by atoms with Crippen LogP contribution in [0.1, 0.15) is 37.3 Å². The average molecular weight is 388 g/mol. The molecule has 144 valence electrons. The van der Waals surface area contributed by atoms with E-state index in [2.05, 4.69) is 27.8 Å². The maximum Gasteiger partial charge on any atom is 0.211 e. The summed E-state index contributed by atoms with van der Waals surface area (Å²) in [5.41, 5.74) is 3.43. The summed E-state index contributed by atoms with van der Waals surface area (Å²) in [5, 5.41) is 11.4. The van der Waals surface area contributed by atoms with Crippen LogP contribution in [0.25, 0.3) is 11.3 Å². The number of hydrogen-bond acceptors (Lipinski definition) is 4. The van der Waals surface area contributed by atoms with Crippen molar-refractivity contribution in [3.63, 3.8) is 0 Å².